The van der Waals surface area contributed by atoms with Crippen LogP contribution in [0.5, 0.6) is 0 Å². The van der Waals surface area contributed by atoms with E-state index in [2.05, 4.69) is 5.32 Å². The largest absolute Gasteiger partial charge is 0.462 e. The van der Waals surface area contributed by atoms with E-state index in [9.17, 15) is 24.0 Å². The Morgan fingerprint density at radius 3 is 1.92 bits per heavy atom. The molecule has 0 saturated carbocycles. The summed E-state index contributed by atoms with van der Waals surface area (Å²) in [6.45, 7) is 3.08. The Morgan fingerprint density at radius 1 is 0.868 bits per heavy atom. The van der Waals surface area contributed by atoms with Gasteiger partial charge in [0.25, 0.3) is 17.7 Å². The molecule has 2 aromatic rings. The second-order valence-corrected chi connectivity index (χ2v) is 9.61. The topological polar surface area (TPSA) is 119 Å². The Hall–Kier alpha value is -2.85. The molecule has 1 aliphatic heterocycles. The Labute approximate surface area is 238 Å². The number of nitrogens with zero attached hydrogens (tertiary/aromatic N) is 1. The highest BCUT2D eigenvalue weighted by Crippen LogP contribution is 2.45. The zero-order chi connectivity index (χ0) is 28.1. The molecule has 0 aromatic heterocycles. The third-order valence-corrected chi connectivity index (χ3v) is 7.37. The summed E-state index contributed by atoms with van der Waals surface area (Å²) in [5.74, 6) is -3.90. The SMILES string of the molecule is CCCC[C@@H](C(=O)OCC(=O)Nc1ccc(C(=O)OCC)cc1)N1C(=O)c2c(Cl)c(Cl)c(Cl)c(Cl)c2C1=O. The number of halogens is 4. The lowest BCUT2D eigenvalue weighted by Crippen LogP contribution is -2.46. The summed E-state index contributed by atoms with van der Waals surface area (Å²) >= 11 is 24.5. The van der Waals surface area contributed by atoms with Crippen molar-refractivity contribution >= 4 is 81.8 Å². The van der Waals surface area contributed by atoms with Gasteiger partial charge in [0.2, 0.25) is 0 Å². The monoisotopic (exact) mass is 602 g/mol. The zero-order valence-electron chi connectivity index (χ0n) is 20.2. The minimum Gasteiger partial charge on any atom is -0.462 e. The van der Waals surface area contributed by atoms with Gasteiger partial charge in [-0.25, -0.2) is 9.59 Å². The number of nitrogens with one attached hydrogen (secondary N) is 1. The van der Waals surface area contributed by atoms with E-state index in [0.29, 0.717) is 29.0 Å². The first-order valence-corrected chi connectivity index (χ1v) is 13.0. The van der Waals surface area contributed by atoms with Crippen molar-refractivity contribution in [1.82, 2.24) is 4.90 Å². The van der Waals surface area contributed by atoms with E-state index in [0.717, 1.165) is 0 Å². The molecule has 1 aliphatic rings. The van der Waals surface area contributed by atoms with Crippen molar-refractivity contribution in [2.75, 3.05) is 18.5 Å². The molecule has 3 rings (SSSR count). The van der Waals surface area contributed by atoms with E-state index >= 15 is 0 Å². The molecule has 0 radical (unpaired) electrons. The number of imide groups is 1. The number of anilines is 1. The molecule has 202 valence electrons. The number of hydrogen-bond acceptors (Lipinski definition) is 7. The molecule has 1 N–H and O–H groups in total. The smallest absolute Gasteiger partial charge is 0.338 e. The third-order valence-electron chi connectivity index (χ3n) is 5.57. The first-order valence-electron chi connectivity index (χ1n) is 11.5. The minimum absolute atomic E-state index is 0.0778. The fourth-order valence-corrected chi connectivity index (χ4v) is 4.75. The van der Waals surface area contributed by atoms with Gasteiger partial charge in [-0.3, -0.25) is 19.3 Å². The normalized spacial score (nSPS) is 13.3. The van der Waals surface area contributed by atoms with Crippen LogP contribution >= 0.6 is 46.4 Å². The van der Waals surface area contributed by atoms with Crippen LogP contribution < -0.4 is 5.32 Å². The summed E-state index contributed by atoms with van der Waals surface area (Å²) in [6, 6.07) is 4.56. The van der Waals surface area contributed by atoms with Crippen LogP contribution in [0.15, 0.2) is 24.3 Å². The summed E-state index contributed by atoms with van der Waals surface area (Å²) in [7, 11) is 0. The number of amides is 3. The van der Waals surface area contributed by atoms with E-state index < -0.39 is 42.3 Å². The number of carbonyl (C=O) groups excluding carboxylic acids is 5. The van der Waals surface area contributed by atoms with Gasteiger partial charge in [-0.1, -0.05) is 66.2 Å². The molecule has 1 heterocycles. The third kappa shape index (κ3) is 6.07. The van der Waals surface area contributed by atoms with Gasteiger partial charge in [0.15, 0.2) is 6.61 Å². The predicted octanol–water partition coefficient (Wildman–Crippen LogP) is 5.81. The quantitative estimate of drug-likeness (QED) is 0.157. The van der Waals surface area contributed by atoms with Gasteiger partial charge < -0.3 is 14.8 Å². The second-order valence-electron chi connectivity index (χ2n) is 8.10. The highest BCUT2D eigenvalue weighted by molar-refractivity contribution is 6.55. The number of esters is 2. The van der Waals surface area contributed by atoms with E-state index in [1.807, 2.05) is 6.92 Å². The summed E-state index contributed by atoms with van der Waals surface area (Å²) < 4.78 is 10.1. The first-order chi connectivity index (χ1) is 18.0. The second kappa shape index (κ2) is 12.8. The van der Waals surface area contributed by atoms with Gasteiger partial charge in [0.05, 0.1) is 43.4 Å². The fourth-order valence-electron chi connectivity index (χ4n) is 3.73. The lowest BCUT2D eigenvalue weighted by molar-refractivity contribution is -0.151. The molecule has 2 aromatic carbocycles. The summed E-state index contributed by atoms with van der Waals surface area (Å²) in [6.07, 6.45) is 1.19. The molecule has 3 amide bonds. The number of unbranched alkanes of at least 4 members (excludes halogenated alkanes) is 1. The molecule has 0 bridgehead atoms. The Kier molecular flexibility index (Phi) is 10.0. The van der Waals surface area contributed by atoms with Crippen molar-refractivity contribution in [3.05, 3.63) is 61.0 Å². The summed E-state index contributed by atoms with van der Waals surface area (Å²) in [5.41, 5.74) is 0.141. The minimum atomic E-state index is -1.34. The molecule has 0 spiro atoms. The van der Waals surface area contributed by atoms with Crippen LogP contribution in [0.4, 0.5) is 5.69 Å². The van der Waals surface area contributed by atoms with Gasteiger partial charge in [0, 0.05) is 5.69 Å². The van der Waals surface area contributed by atoms with Gasteiger partial charge >= 0.3 is 11.9 Å². The van der Waals surface area contributed by atoms with E-state index in [1.54, 1.807) is 6.92 Å². The number of rotatable bonds is 10. The number of ether oxygens (including phenoxy) is 2. The van der Waals surface area contributed by atoms with E-state index in [4.69, 9.17) is 55.9 Å². The van der Waals surface area contributed by atoms with E-state index in [1.165, 1.54) is 24.3 Å². The zero-order valence-corrected chi connectivity index (χ0v) is 23.3. The number of fused-ring (bicyclic) bond motifs is 1. The molecule has 0 fully saturated rings. The van der Waals surface area contributed by atoms with Crippen LogP contribution in [0, 0.1) is 0 Å². The lowest BCUT2D eigenvalue weighted by atomic mass is 10.1. The maximum Gasteiger partial charge on any atom is 0.338 e. The van der Waals surface area contributed by atoms with Crippen molar-refractivity contribution < 1.29 is 33.4 Å². The van der Waals surface area contributed by atoms with E-state index in [-0.39, 0.29) is 44.2 Å². The fraction of sp³-hybridized carbons (Fsp3) is 0.320. The van der Waals surface area contributed by atoms with Gasteiger partial charge in [-0.2, -0.15) is 0 Å². The van der Waals surface area contributed by atoms with Crippen LogP contribution in [0.1, 0.15) is 64.2 Å². The van der Waals surface area contributed by atoms with Crippen molar-refractivity contribution in [3.63, 3.8) is 0 Å². The van der Waals surface area contributed by atoms with Crippen molar-refractivity contribution in [1.29, 1.82) is 0 Å². The summed E-state index contributed by atoms with van der Waals surface area (Å²) in [5, 5.41) is 1.62. The molecule has 0 aliphatic carbocycles. The van der Waals surface area contributed by atoms with Crippen LogP contribution in [0.25, 0.3) is 0 Å². The maximum absolute atomic E-state index is 13.2. The maximum atomic E-state index is 13.2. The Balaban J connectivity index is 1.73. The predicted molar refractivity (Wildman–Crippen MR) is 142 cm³/mol. The lowest BCUT2D eigenvalue weighted by Gasteiger charge is -2.24. The standard InChI is InChI=1S/C25H22Cl4N2O7/c1-3-5-6-14(31-22(33)16-17(23(31)34)19(27)21(29)20(28)18(16)26)25(36)38-11-15(32)30-13-9-7-12(8-10-13)24(35)37-4-2/h7-10,14H,3-6,11H2,1-2H3,(H,30,32)/t14-/m0/s1. The molecule has 1 atom stereocenters. The average molecular weight is 604 g/mol. The van der Waals surface area contributed by atoms with Crippen LogP contribution in [0.3, 0.4) is 0 Å². The molecule has 0 unspecified atom stereocenters. The van der Waals surface area contributed by atoms with Crippen LogP contribution in [-0.2, 0) is 19.1 Å². The molecule has 38 heavy (non-hydrogen) atoms. The highest BCUT2D eigenvalue weighted by atomic mass is 35.5. The number of carbonyl (C=O) groups is 5. The Morgan fingerprint density at radius 2 is 1.42 bits per heavy atom. The van der Waals surface area contributed by atoms with Crippen molar-refractivity contribution in [2.24, 2.45) is 0 Å². The molecule has 0 saturated heterocycles. The van der Waals surface area contributed by atoms with Gasteiger partial charge in [0.1, 0.15) is 6.04 Å². The molecule has 13 heteroatoms. The summed E-state index contributed by atoms with van der Waals surface area (Å²) in [4.78, 5) is 64.2. The van der Waals surface area contributed by atoms with Crippen molar-refractivity contribution in [3.8, 4) is 0 Å². The average Bonchev–Trinajstić information content (AvgIpc) is 3.15. The van der Waals surface area contributed by atoms with Gasteiger partial charge in [-0.05, 0) is 37.6 Å². The van der Waals surface area contributed by atoms with Gasteiger partial charge in [-0.15, -0.1) is 0 Å². The van der Waals surface area contributed by atoms with Crippen molar-refractivity contribution in [2.45, 2.75) is 39.2 Å². The molecular weight excluding hydrogens is 582 g/mol. The first kappa shape index (κ1) is 29.7. The highest BCUT2D eigenvalue weighted by Gasteiger charge is 2.47. The number of hydrogen-bond donors (Lipinski definition) is 1. The molecular formula is C25H22Cl4N2O7. The van der Waals surface area contributed by atoms with Crippen LogP contribution in [0.2, 0.25) is 20.1 Å². The molecule has 9 nitrogen and oxygen atoms in total. The number of benzene rings is 2. The van der Waals surface area contributed by atoms with Crippen LogP contribution in [-0.4, -0.2) is 53.8 Å². The Bertz CT molecular complexity index is 1250.